The van der Waals surface area contributed by atoms with Crippen molar-refractivity contribution < 1.29 is 4.79 Å². The van der Waals surface area contributed by atoms with Crippen LogP contribution in [-0.2, 0) is 30.6 Å². The average Bonchev–Trinajstić information content (AvgIpc) is 3.51. The summed E-state index contributed by atoms with van der Waals surface area (Å²) in [6.45, 7) is 2.53. The topological polar surface area (TPSA) is 81.3 Å². The highest BCUT2D eigenvalue weighted by atomic mass is 32.2. The molecule has 0 aliphatic heterocycles. The van der Waals surface area contributed by atoms with Crippen molar-refractivity contribution >= 4 is 50.7 Å². The van der Waals surface area contributed by atoms with Gasteiger partial charge in [0.05, 0.1) is 11.1 Å². The molecule has 0 saturated carbocycles. The van der Waals surface area contributed by atoms with Crippen LogP contribution in [0.25, 0.3) is 16.0 Å². The molecule has 2 aromatic carbocycles. The molecule has 5 aromatic rings. The van der Waals surface area contributed by atoms with Crippen LogP contribution in [0.15, 0.2) is 64.5 Å². The molecule has 0 saturated heterocycles. The van der Waals surface area contributed by atoms with Crippen molar-refractivity contribution in [2.75, 3.05) is 11.1 Å². The van der Waals surface area contributed by atoms with E-state index in [9.17, 15) is 9.59 Å². The summed E-state index contributed by atoms with van der Waals surface area (Å²) in [6.07, 6.45) is 4.90. The van der Waals surface area contributed by atoms with Crippen LogP contribution in [0.2, 0.25) is 0 Å². The number of thiophene rings is 1. The van der Waals surface area contributed by atoms with Crippen LogP contribution in [0.1, 0.15) is 34.4 Å². The van der Waals surface area contributed by atoms with E-state index in [-0.39, 0.29) is 17.2 Å². The van der Waals surface area contributed by atoms with Gasteiger partial charge in [0.15, 0.2) is 5.16 Å². The third-order valence-electron chi connectivity index (χ3n) is 6.81. The van der Waals surface area contributed by atoms with Crippen LogP contribution < -0.4 is 10.9 Å². The van der Waals surface area contributed by atoms with E-state index in [0.29, 0.717) is 17.5 Å². The van der Waals surface area contributed by atoms with Crippen LogP contribution in [0, 0.1) is 6.92 Å². The first-order valence-electron chi connectivity index (χ1n) is 12.5. The Hall–Kier alpha value is -3.43. The number of hydrogen-bond donors (Lipinski definition) is 1. The van der Waals surface area contributed by atoms with Crippen molar-refractivity contribution in [2.45, 2.75) is 50.7 Å². The first-order chi connectivity index (χ1) is 18.1. The summed E-state index contributed by atoms with van der Waals surface area (Å²) < 4.78 is 3.76. The van der Waals surface area contributed by atoms with E-state index in [2.05, 4.69) is 27.6 Å². The minimum Gasteiger partial charge on any atom is -0.325 e. The lowest BCUT2D eigenvalue weighted by Crippen LogP contribution is -2.24. The fraction of sp³-hybridized carbons (Fsp3) is 0.286. The molecule has 188 valence electrons. The van der Waals surface area contributed by atoms with Crippen LogP contribution in [0.3, 0.4) is 0 Å². The highest BCUT2D eigenvalue weighted by molar-refractivity contribution is 7.99. The number of aromatic nitrogens is 4. The van der Waals surface area contributed by atoms with Gasteiger partial charge in [-0.2, -0.15) is 0 Å². The Morgan fingerprint density at radius 2 is 1.84 bits per heavy atom. The van der Waals surface area contributed by atoms with E-state index in [4.69, 9.17) is 0 Å². The second-order valence-corrected chi connectivity index (χ2v) is 11.4. The summed E-state index contributed by atoms with van der Waals surface area (Å²) in [5.74, 6) is 0.628. The number of benzene rings is 2. The van der Waals surface area contributed by atoms with E-state index >= 15 is 0 Å². The fourth-order valence-electron chi connectivity index (χ4n) is 4.91. The molecule has 3 heterocycles. The lowest BCUT2D eigenvalue weighted by atomic mass is 9.97. The molecule has 1 amide bonds. The Bertz CT molecular complexity index is 1650. The number of thioether (sulfide) groups is 1. The van der Waals surface area contributed by atoms with Gasteiger partial charge in [-0.3, -0.25) is 14.2 Å². The number of fused-ring (bicyclic) bond motifs is 5. The maximum Gasteiger partial charge on any atom is 0.263 e. The number of hydrogen-bond acceptors (Lipinski definition) is 6. The van der Waals surface area contributed by atoms with Crippen molar-refractivity contribution in [3.05, 3.63) is 86.5 Å². The highest BCUT2D eigenvalue weighted by Gasteiger charge is 2.25. The van der Waals surface area contributed by atoms with E-state index < -0.39 is 0 Å². The molecular weight excluding hydrogens is 502 g/mol. The van der Waals surface area contributed by atoms with Gasteiger partial charge >= 0.3 is 0 Å². The molecule has 6 rings (SSSR count). The fourth-order valence-corrected chi connectivity index (χ4v) is 7.08. The number of nitrogens with zero attached hydrogens (tertiary/aromatic N) is 4. The number of carbonyl (C=O) groups is 1. The Balaban J connectivity index is 1.36. The summed E-state index contributed by atoms with van der Waals surface area (Å²) in [5.41, 5.74) is 4.28. The van der Waals surface area contributed by atoms with Gasteiger partial charge < -0.3 is 5.32 Å². The minimum absolute atomic E-state index is 0.0129. The monoisotopic (exact) mass is 529 g/mol. The van der Waals surface area contributed by atoms with Gasteiger partial charge in [-0.25, -0.2) is 4.40 Å². The molecule has 3 aromatic heterocycles. The SMILES string of the molecule is Cc1ccc(NC(=O)CSc2nnc3n(CCc4ccccc4)c(=O)c4c5c(sc4n23)CCCC5)cc1. The van der Waals surface area contributed by atoms with Gasteiger partial charge in [-0.05, 0) is 62.3 Å². The highest BCUT2D eigenvalue weighted by Crippen LogP contribution is 2.36. The minimum atomic E-state index is -0.107. The first-order valence-corrected chi connectivity index (χ1v) is 14.3. The van der Waals surface area contributed by atoms with Gasteiger partial charge in [0, 0.05) is 17.1 Å². The summed E-state index contributed by atoms with van der Waals surface area (Å²) in [7, 11) is 0. The molecule has 9 heteroatoms. The van der Waals surface area contributed by atoms with Crippen LogP contribution in [-0.4, -0.2) is 30.8 Å². The van der Waals surface area contributed by atoms with Crippen LogP contribution in [0.5, 0.6) is 0 Å². The molecule has 1 N–H and O–H groups in total. The summed E-state index contributed by atoms with van der Waals surface area (Å²) in [6, 6.07) is 17.9. The quantitative estimate of drug-likeness (QED) is 0.291. The molecule has 0 atom stereocenters. The number of amides is 1. The van der Waals surface area contributed by atoms with Gasteiger partial charge in [0.25, 0.3) is 5.56 Å². The smallest absolute Gasteiger partial charge is 0.263 e. The van der Waals surface area contributed by atoms with Crippen molar-refractivity contribution in [2.24, 2.45) is 0 Å². The molecule has 0 spiro atoms. The Morgan fingerprint density at radius 3 is 2.65 bits per heavy atom. The molecule has 1 aliphatic rings. The number of rotatable bonds is 7. The molecule has 0 fully saturated rings. The summed E-state index contributed by atoms with van der Waals surface area (Å²) >= 11 is 3.02. The Morgan fingerprint density at radius 1 is 1.05 bits per heavy atom. The molecule has 0 bridgehead atoms. The maximum absolute atomic E-state index is 13.8. The lowest BCUT2D eigenvalue weighted by Gasteiger charge is -2.12. The third kappa shape index (κ3) is 4.69. The van der Waals surface area contributed by atoms with E-state index in [1.54, 1.807) is 15.9 Å². The largest absolute Gasteiger partial charge is 0.325 e. The predicted octanol–water partition coefficient (Wildman–Crippen LogP) is 5.27. The zero-order valence-electron chi connectivity index (χ0n) is 20.6. The molecule has 0 radical (unpaired) electrons. The van der Waals surface area contributed by atoms with Crippen molar-refractivity contribution in [1.29, 1.82) is 0 Å². The number of nitrogens with one attached hydrogen (secondary N) is 1. The zero-order chi connectivity index (χ0) is 25.4. The number of anilines is 1. The average molecular weight is 530 g/mol. The number of aryl methyl sites for hydroxylation is 5. The summed E-state index contributed by atoms with van der Waals surface area (Å²) in [5, 5.41) is 13.3. The molecule has 0 unspecified atom stereocenters. The normalized spacial score (nSPS) is 13.2. The second-order valence-electron chi connectivity index (χ2n) is 9.40. The van der Waals surface area contributed by atoms with E-state index in [1.165, 1.54) is 27.8 Å². The molecule has 7 nitrogen and oxygen atoms in total. The lowest BCUT2D eigenvalue weighted by molar-refractivity contribution is -0.113. The van der Waals surface area contributed by atoms with E-state index in [0.717, 1.165) is 53.6 Å². The van der Waals surface area contributed by atoms with Crippen molar-refractivity contribution in [3.63, 3.8) is 0 Å². The predicted molar refractivity (Wildman–Crippen MR) is 150 cm³/mol. The first kappa shape index (κ1) is 23.9. The molecular formula is C28H27N5O2S2. The number of carbonyl (C=O) groups excluding carboxylic acids is 1. The van der Waals surface area contributed by atoms with Gasteiger partial charge in [0.2, 0.25) is 11.7 Å². The van der Waals surface area contributed by atoms with E-state index in [1.807, 2.05) is 53.8 Å². The van der Waals surface area contributed by atoms with Gasteiger partial charge in [0.1, 0.15) is 4.83 Å². The van der Waals surface area contributed by atoms with Crippen LogP contribution in [0.4, 0.5) is 5.69 Å². The Kier molecular flexibility index (Phi) is 6.56. The van der Waals surface area contributed by atoms with Crippen molar-refractivity contribution in [1.82, 2.24) is 19.2 Å². The molecule has 37 heavy (non-hydrogen) atoms. The summed E-state index contributed by atoms with van der Waals surface area (Å²) in [4.78, 5) is 28.7. The Labute approximate surface area is 222 Å². The van der Waals surface area contributed by atoms with Crippen LogP contribution >= 0.6 is 23.1 Å². The zero-order valence-corrected chi connectivity index (χ0v) is 22.2. The van der Waals surface area contributed by atoms with Gasteiger partial charge in [-0.15, -0.1) is 21.5 Å². The van der Waals surface area contributed by atoms with Crippen molar-refractivity contribution in [3.8, 4) is 0 Å². The third-order valence-corrected chi connectivity index (χ3v) is 9.01. The standard InChI is InChI=1S/C28H27N5O2S2/c1-18-11-13-20(14-12-18)29-23(34)17-36-28-31-30-27-32(16-15-19-7-3-2-4-8-19)25(35)24-21-9-5-6-10-22(21)37-26(24)33(27)28/h2-4,7-8,11-14H,5-6,9-10,15-17H2,1H3,(H,29,34). The molecule has 1 aliphatic carbocycles. The van der Waals surface area contributed by atoms with Gasteiger partial charge in [-0.1, -0.05) is 59.8 Å². The second kappa shape index (κ2) is 10.1. The maximum atomic E-state index is 13.8.